The Hall–Kier alpha value is -2.19. The number of nitrogens with zero attached hydrogens (tertiary/aromatic N) is 1. The number of hydrogen-bond acceptors (Lipinski definition) is 5. The smallest absolute Gasteiger partial charge is 0.336 e. The van der Waals surface area contributed by atoms with Gasteiger partial charge < -0.3 is 9.52 Å². The zero-order valence-electron chi connectivity index (χ0n) is 13.0. The average Bonchev–Trinajstić information content (AvgIpc) is 2.54. The summed E-state index contributed by atoms with van der Waals surface area (Å²) in [6.07, 6.45) is 0.962. The molecule has 0 aliphatic carbocycles. The van der Waals surface area contributed by atoms with Crippen molar-refractivity contribution in [2.24, 2.45) is 5.92 Å². The van der Waals surface area contributed by atoms with Crippen LogP contribution in [0.1, 0.15) is 19.8 Å². The highest BCUT2D eigenvalue weighted by Crippen LogP contribution is 2.29. The Balaban J connectivity index is 2.01. The Labute approximate surface area is 138 Å². The first-order valence-electron chi connectivity index (χ1n) is 7.57. The first-order valence-corrected chi connectivity index (χ1v) is 9.01. The van der Waals surface area contributed by atoms with Gasteiger partial charge in [0.25, 0.3) is 0 Å². The van der Waals surface area contributed by atoms with Crippen LogP contribution in [0, 0.1) is 5.92 Å². The summed E-state index contributed by atoms with van der Waals surface area (Å²) in [4.78, 5) is 22.5. The van der Waals surface area contributed by atoms with Crippen LogP contribution in [0.15, 0.2) is 44.4 Å². The fraction of sp³-hybridized carbons (Fsp3) is 0.375. The van der Waals surface area contributed by atoms with E-state index in [2.05, 4.69) is 0 Å². The highest BCUT2D eigenvalue weighted by molar-refractivity contribution is 7.89. The molecule has 7 nitrogen and oxygen atoms in total. The van der Waals surface area contributed by atoms with Gasteiger partial charge in [0.15, 0.2) is 0 Å². The van der Waals surface area contributed by atoms with E-state index in [-0.39, 0.29) is 17.5 Å². The van der Waals surface area contributed by atoms with E-state index < -0.39 is 27.5 Å². The number of rotatable bonds is 3. The van der Waals surface area contributed by atoms with Crippen LogP contribution in [-0.2, 0) is 14.8 Å². The Morgan fingerprint density at radius 2 is 2.00 bits per heavy atom. The summed E-state index contributed by atoms with van der Waals surface area (Å²) in [7, 11) is -3.83. The number of carboxylic acid groups (broad SMARTS) is 1. The molecule has 0 amide bonds. The third-order valence-corrected chi connectivity index (χ3v) is 6.35. The number of aliphatic carboxylic acids is 1. The molecule has 0 bridgehead atoms. The number of piperidine rings is 1. The number of hydrogen-bond donors (Lipinski definition) is 1. The molecule has 2 atom stereocenters. The van der Waals surface area contributed by atoms with Crippen molar-refractivity contribution in [3.8, 4) is 0 Å². The molecule has 1 aliphatic heterocycles. The largest absolute Gasteiger partial charge is 0.481 e. The minimum absolute atomic E-state index is 0.0409. The molecule has 1 N–H and O–H groups in total. The van der Waals surface area contributed by atoms with Gasteiger partial charge in [0.05, 0.1) is 10.8 Å². The number of fused-ring (bicyclic) bond motifs is 1. The first-order chi connectivity index (χ1) is 11.3. The number of carbonyl (C=O) groups is 1. The lowest BCUT2D eigenvalue weighted by Gasteiger charge is -2.35. The Bertz CT molecular complexity index is 948. The predicted octanol–water partition coefficient (Wildman–Crippen LogP) is 1.67. The van der Waals surface area contributed by atoms with Crippen LogP contribution in [0.25, 0.3) is 11.0 Å². The van der Waals surface area contributed by atoms with Crippen molar-refractivity contribution >= 4 is 27.0 Å². The third kappa shape index (κ3) is 2.94. The van der Waals surface area contributed by atoms with Crippen molar-refractivity contribution in [2.75, 3.05) is 6.54 Å². The van der Waals surface area contributed by atoms with Gasteiger partial charge in [-0.25, -0.2) is 13.2 Å². The van der Waals surface area contributed by atoms with Gasteiger partial charge in [-0.3, -0.25) is 4.79 Å². The monoisotopic (exact) mass is 351 g/mol. The molecule has 2 aromatic rings. The van der Waals surface area contributed by atoms with Crippen molar-refractivity contribution < 1.29 is 22.7 Å². The fourth-order valence-corrected chi connectivity index (χ4v) is 4.70. The molecule has 8 heteroatoms. The van der Waals surface area contributed by atoms with Crippen molar-refractivity contribution in [3.05, 3.63) is 40.8 Å². The van der Waals surface area contributed by atoms with E-state index in [1.807, 2.05) is 0 Å². The maximum Gasteiger partial charge on any atom is 0.336 e. The molecule has 2 heterocycles. The molecule has 1 aromatic heterocycles. The maximum atomic E-state index is 12.9. The van der Waals surface area contributed by atoms with E-state index in [9.17, 15) is 23.1 Å². The van der Waals surface area contributed by atoms with Gasteiger partial charge in [0.2, 0.25) is 10.0 Å². The number of carboxylic acids is 1. The van der Waals surface area contributed by atoms with Crippen LogP contribution in [0.2, 0.25) is 0 Å². The van der Waals surface area contributed by atoms with Crippen LogP contribution in [-0.4, -0.2) is 36.4 Å². The lowest BCUT2D eigenvalue weighted by molar-refractivity contribution is -0.143. The second-order valence-corrected chi connectivity index (χ2v) is 7.88. The summed E-state index contributed by atoms with van der Waals surface area (Å²) in [5.74, 6) is -1.68. The van der Waals surface area contributed by atoms with E-state index >= 15 is 0 Å². The van der Waals surface area contributed by atoms with Gasteiger partial charge in [-0.1, -0.05) is 0 Å². The fourth-order valence-electron chi connectivity index (χ4n) is 2.96. The molecule has 1 saturated heterocycles. The van der Waals surface area contributed by atoms with E-state index in [1.54, 1.807) is 6.92 Å². The zero-order valence-corrected chi connectivity index (χ0v) is 13.8. The minimum Gasteiger partial charge on any atom is -0.481 e. The van der Waals surface area contributed by atoms with Gasteiger partial charge in [-0.15, -0.1) is 0 Å². The summed E-state index contributed by atoms with van der Waals surface area (Å²) >= 11 is 0. The van der Waals surface area contributed by atoms with Crippen LogP contribution in [0.3, 0.4) is 0 Å². The minimum atomic E-state index is -3.83. The quantitative estimate of drug-likeness (QED) is 0.843. The van der Waals surface area contributed by atoms with E-state index in [0.29, 0.717) is 23.8 Å². The van der Waals surface area contributed by atoms with Gasteiger partial charge in [0, 0.05) is 24.0 Å². The summed E-state index contributed by atoms with van der Waals surface area (Å²) in [5.41, 5.74) is -0.205. The number of benzene rings is 1. The predicted molar refractivity (Wildman–Crippen MR) is 86.2 cm³/mol. The summed E-state index contributed by atoms with van der Waals surface area (Å²) in [5, 5.41) is 9.68. The Morgan fingerprint density at radius 1 is 1.25 bits per heavy atom. The van der Waals surface area contributed by atoms with Crippen LogP contribution in [0.5, 0.6) is 0 Å². The zero-order chi connectivity index (χ0) is 17.5. The molecule has 0 radical (unpaired) electrons. The van der Waals surface area contributed by atoms with E-state index in [0.717, 1.165) is 0 Å². The molecule has 0 saturated carbocycles. The molecule has 128 valence electrons. The van der Waals surface area contributed by atoms with Crippen LogP contribution < -0.4 is 5.63 Å². The van der Waals surface area contributed by atoms with Gasteiger partial charge in [-0.05, 0) is 44.0 Å². The van der Waals surface area contributed by atoms with E-state index in [1.165, 1.54) is 34.6 Å². The molecule has 24 heavy (non-hydrogen) atoms. The normalized spacial score (nSPS) is 22.5. The second-order valence-electron chi connectivity index (χ2n) is 5.99. The molecule has 0 spiro atoms. The third-order valence-electron chi connectivity index (χ3n) is 4.37. The standard InChI is InChI=1S/C16H17NO6S/c1-10-2-3-12(16(19)20)9-17(10)24(21,22)13-5-6-14-11(8-13)4-7-15(18)23-14/h4-8,10,12H,2-3,9H2,1H3,(H,19,20). The molecular formula is C16H17NO6S. The van der Waals surface area contributed by atoms with Crippen molar-refractivity contribution in [1.29, 1.82) is 0 Å². The summed E-state index contributed by atoms with van der Waals surface area (Å²) in [6.45, 7) is 1.73. The average molecular weight is 351 g/mol. The first kappa shape index (κ1) is 16.7. The highest BCUT2D eigenvalue weighted by atomic mass is 32.2. The van der Waals surface area contributed by atoms with Gasteiger partial charge in [0.1, 0.15) is 5.58 Å². The molecule has 3 rings (SSSR count). The van der Waals surface area contributed by atoms with Gasteiger partial charge >= 0.3 is 11.6 Å². The van der Waals surface area contributed by atoms with Crippen LogP contribution in [0.4, 0.5) is 0 Å². The van der Waals surface area contributed by atoms with E-state index in [4.69, 9.17) is 4.42 Å². The number of sulfonamides is 1. The summed E-state index contributed by atoms with van der Waals surface area (Å²) < 4.78 is 32.1. The lowest BCUT2D eigenvalue weighted by atomic mass is 9.96. The Kier molecular flexibility index (Phi) is 4.18. The molecule has 2 unspecified atom stereocenters. The Morgan fingerprint density at radius 3 is 2.71 bits per heavy atom. The van der Waals surface area contributed by atoms with Crippen molar-refractivity contribution in [2.45, 2.75) is 30.7 Å². The molecule has 1 aromatic carbocycles. The molecule has 1 aliphatic rings. The van der Waals surface area contributed by atoms with Gasteiger partial charge in [-0.2, -0.15) is 4.31 Å². The SMILES string of the molecule is CC1CCC(C(=O)O)CN1S(=O)(=O)c1ccc2oc(=O)ccc2c1. The maximum absolute atomic E-state index is 12.9. The van der Waals surface area contributed by atoms with Crippen molar-refractivity contribution in [3.63, 3.8) is 0 Å². The summed E-state index contributed by atoms with van der Waals surface area (Å²) in [6, 6.07) is 6.70. The molecule has 1 fully saturated rings. The molecular weight excluding hydrogens is 334 g/mol. The lowest BCUT2D eigenvalue weighted by Crippen LogP contribution is -2.47. The van der Waals surface area contributed by atoms with Crippen molar-refractivity contribution in [1.82, 2.24) is 4.31 Å². The second kappa shape index (κ2) is 6.03. The topological polar surface area (TPSA) is 105 Å². The van der Waals surface area contributed by atoms with Crippen LogP contribution >= 0.6 is 0 Å². The highest BCUT2D eigenvalue weighted by Gasteiger charge is 2.37.